The normalized spacial score (nSPS) is 17.7. The Balaban J connectivity index is 0.00000480. The molecule has 0 bridgehead atoms. The Bertz CT molecular complexity index is 741. The molecule has 2 atom stereocenters. The summed E-state index contributed by atoms with van der Waals surface area (Å²) in [6.07, 6.45) is 2.01. The molecule has 1 saturated heterocycles. The van der Waals surface area contributed by atoms with Crippen molar-refractivity contribution in [2.24, 2.45) is 10.9 Å². The Morgan fingerprint density at radius 3 is 2.71 bits per heavy atom. The quantitative estimate of drug-likeness (QED) is 0.287. The van der Waals surface area contributed by atoms with Crippen molar-refractivity contribution in [3.63, 3.8) is 0 Å². The summed E-state index contributed by atoms with van der Waals surface area (Å²) in [5.41, 5.74) is -0.544. The van der Waals surface area contributed by atoms with E-state index in [1.807, 2.05) is 39.5 Å². The minimum absolute atomic E-state index is 0. The van der Waals surface area contributed by atoms with Crippen LogP contribution in [0.15, 0.2) is 23.3 Å². The first kappa shape index (κ1) is 27.2. The minimum Gasteiger partial charge on any atom is -0.444 e. The third kappa shape index (κ3) is 9.04. The van der Waals surface area contributed by atoms with Crippen LogP contribution in [0.4, 0.5) is 15.0 Å². The molecule has 2 heterocycles. The van der Waals surface area contributed by atoms with Crippen molar-refractivity contribution in [3.8, 4) is 0 Å². The molecule has 0 saturated carbocycles. The second-order valence-electron chi connectivity index (χ2n) is 8.83. The predicted molar refractivity (Wildman–Crippen MR) is 133 cm³/mol. The molecule has 1 aliphatic heterocycles. The predicted octanol–water partition coefficient (Wildman–Crippen LogP) is 3.13. The van der Waals surface area contributed by atoms with Gasteiger partial charge in [-0.3, -0.25) is 4.99 Å². The number of anilines is 1. The molecule has 2 rings (SSSR count). The summed E-state index contributed by atoms with van der Waals surface area (Å²) in [5, 5.41) is 9.56. The summed E-state index contributed by atoms with van der Waals surface area (Å²) in [7, 11) is 1.70. The monoisotopic (exact) mass is 550 g/mol. The maximum atomic E-state index is 14.0. The van der Waals surface area contributed by atoms with Crippen molar-refractivity contribution < 1.29 is 13.9 Å². The van der Waals surface area contributed by atoms with Crippen LogP contribution in [-0.2, 0) is 4.74 Å². The van der Waals surface area contributed by atoms with E-state index < -0.39 is 11.7 Å². The van der Waals surface area contributed by atoms with E-state index in [4.69, 9.17) is 4.74 Å². The lowest BCUT2D eigenvalue weighted by atomic mass is 10.0. The molecule has 1 aromatic heterocycles. The molecule has 1 aromatic rings. The number of aromatic nitrogens is 1. The maximum Gasteiger partial charge on any atom is 0.407 e. The lowest BCUT2D eigenvalue weighted by molar-refractivity contribution is 0.0491. The highest BCUT2D eigenvalue weighted by molar-refractivity contribution is 14.0. The van der Waals surface area contributed by atoms with E-state index in [-0.39, 0.29) is 47.8 Å². The van der Waals surface area contributed by atoms with Crippen molar-refractivity contribution in [1.29, 1.82) is 0 Å². The number of nitrogens with one attached hydrogen (secondary N) is 3. The number of alkyl carbamates (subject to hydrolysis) is 1. The van der Waals surface area contributed by atoms with E-state index in [2.05, 4.69) is 25.9 Å². The first-order valence-corrected chi connectivity index (χ1v) is 10.4. The second kappa shape index (κ2) is 12.3. The topological polar surface area (TPSA) is 90.9 Å². The third-order valence-corrected chi connectivity index (χ3v) is 4.79. The van der Waals surface area contributed by atoms with Crippen LogP contribution in [0.25, 0.3) is 0 Å². The molecule has 0 aromatic carbocycles. The Labute approximate surface area is 201 Å². The van der Waals surface area contributed by atoms with Crippen LogP contribution in [0.1, 0.15) is 41.0 Å². The maximum absolute atomic E-state index is 14.0. The molecule has 0 spiro atoms. The van der Waals surface area contributed by atoms with Crippen molar-refractivity contribution in [2.75, 3.05) is 31.6 Å². The highest BCUT2D eigenvalue weighted by Gasteiger charge is 2.26. The van der Waals surface area contributed by atoms with Gasteiger partial charge in [0.2, 0.25) is 0 Å². The number of carbonyl (C=O) groups excluding carboxylic acids is 1. The first-order valence-electron chi connectivity index (χ1n) is 10.4. The number of pyridine rings is 1. The third-order valence-electron chi connectivity index (χ3n) is 4.79. The number of nitrogens with zero attached hydrogens (tertiary/aromatic N) is 3. The van der Waals surface area contributed by atoms with Gasteiger partial charge in [-0.1, -0.05) is 13.8 Å². The fourth-order valence-corrected chi connectivity index (χ4v) is 3.19. The minimum atomic E-state index is -0.544. The number of rotatable bonds is 6. The fraction of sp³-hybridized carbons (Fsp3) is 0.667. The van der Waals surface area contributed by atoms with Gasteiger partial charge in [0.1, 0.15) is 5.60 Å². The average molecular weight is 550 g/mol. The molecule has 31 heavy (non-hydrogen) atoms. The van der Waals surface area contributed by atoms with Gasteiger partial charge in [0.15, 0.2) is 17.6 Å². The summed E-state index contributed by atoms with van der Waals surface area (Å²) in [6, 6.07) is 3.01. The number of aliphatic imine (C=N–C) groups is 1. The van der Waals surface area contributed by atoms with E-state index in [0.29, 0.717) is 24.9 Å². The Kier molecular flexibility index (Phi) is 10.7. The summed E-state index contributed by atoms with van der Waals surface area (Å²) >= 11 is 0. The molecule has 0 radical (unpaired) electrons. The van der Waals surface area contributed by atoms with Crippen LogP contribution in [0.2, 0.25) is 0 Å². The number of ether oxygens (including phenoxy) is 1. The van der Waals surface area contributed by atoms with Gasteiger partial charge in [0.25, 0.3) is 0 Å². The van der Waals surface area contributed by atoms with Gasteiger partial charge in [-0.15, -0.1) is 24.0 Å². The zero-order valence-electron chi connectivity index (χ0n) is 19.2. The number of amides is 1. The van der Waals surface area contributed by atoms with Gasteiger partial charge < -0.3 is 25.6 Å². The van der Waals surface area contributed by atoms with Gasteiger partial charge in [-0.2, -0.15) is 0 Å². The summed E-state index contributed by atoms with van der Waals surface area (Å²) in [6.45, 7) is 11.4. The summed E-state index contributed by atoms with van der Waals surface area (Å²) in [5.74, 6) is 0.914. The van der Waals surface area contributed by atoms with Crippen molar-refractivity contribution >= 4 is 41.8 Å². The largest absolute Gasteiger partial charge is 0.444 e. The highest BCUT2D eigenvalue weighted by Crippen LogP contribution is 2.20. The highest BCUT2D eigenvalue weighted by atomic mass is 127. The van der Waals surface area contributed by atoms with E-state index in [1.54, 1.807) is 19.3 Å². The van der Waals surface area contributed by atoms with Crippen LogP contribution in [-0.4, -0.2) is 61.4 Å². The van der Waals surface area contributed by atoms with Gasteiger partial charge in [0, 0.05) is 38.9 Å². The Morgan fingerprint density at radius 1 is 1.42 bits per heavy atom. The van der Waals surface area contributed by atoms with E-state index in [1.165, 1.54) is 6.07 Å². The Morgan fingerprint density at radius 2 is 2.13 bits per heavy atom. The fourth-order valence-electron chi connectivity index (χ4n) is 3.19. The SMILES string of the molecule is CN=C(NCC(NC(=O)OC(C)(C)C)C(C)C)NC1CCN(c2ncccc2F)C1.I. The standard InChI is InChI=1S/C21H35FN6O2.HI/c1-14(2)17(27-20(29)30-21(3,4)5)12-25-19(23-6)26-15-9-11-28(13-15)18-16(22)8-7-10-24-18;/h7-8,10,14-15,17H,9,11-13H2,1-6H3,(H,27,29)(H2,23,25,26);1H. The number of hydrogen-bond acceptors (Lipinski definition) is 5. The molecular formula is C21H36FIN6O2. The first-order chi connectivity index (χ1) is 14.1. The molecular weight excluding hydrogens is 514 g/mol. The smallest absolute Gasteiger partial charge is 0.407 e. The number of guanidine groups is 1. The van der Waals surface area contributed by atoms with E-state index >= 15 is 0 Å². The molecule has 176 valence electrons. The molecule has 0 aliphatic carbocycles. The van der Waals surface area contributed by atoms with Crippen molar-refractivity contribution in [1.82, 2.24) is 20.9 Å². The lowest BCUT2D eigenvalue weighted by Gasteiger charge is -2.27. The van der Waals surface area contributed by atoms with Crippen LogP contribution in [0.5, 0.6) is 0 Å². The van der Waals surface area contributed by atoms with Crippen LogP contribution in [0, 0.1) is 11.7 Å². The van der Waals surface area contributed by atoms with E-state index in [9.17, 15) is 9.18 Å². The number of halogens is 2. The molecule has 1 fully saturated rings. The molecule has 3 N–H and O–H groups in total. The van der Waals surface area contributed by atoms with Gasteiger partial charge in [-0.25, -0.2) is 14.2 Å². The van der Waals surface area contributed by atoms with E-state index in [0.717, 1.165) is 13.0 Å². The molecule has 2 unspecified atom stereocenters. The second-order valence-corrected chi connectivity index (χ2v) is 8.83. The van der Waals surface area contributed by atoms with Gasteiger partial charge in [-0.05, 0) is 45.2 Å². The molecule has 8 nitrogen and oxygen atoms in total. The summed E-state index contributed by atoms with van der Waals surface area (Å²) in [4.78, 5) is 22.5. The van der Waals surface area contributed by atoms with Crippen LogP contribution in [0.3, 0.4) is 0 Å². The number of hydrogen-bond donors (Lipinski definition) is 3. The zero-order valence-corrected chi connectivity index (χ0v) is 21.6. The summed E-state index contributed by atoms with van der Waals surface area (Å²) < 4.78 is 19.3. The van der Waals surface area contributed by atoms with Crippen molar-refractivity contribution in [3.05, 3.63) is 24.1 Å². The van der Waals surface area contributed by atoms with Gasteiger partial charge >= 0.3 is 6.09 Å². The van der Waals surface area contributed by atoms with Crippen molar-refractivity contribution in [2.45, 2.75) is 58.7 Å². The van der Waals surface area contributed by atoms with Crippen LogP contribution < -0.4 is 20.9 Å². The van der Waals surface area contributed by atoms with Crippen LogP contribution >= 0.6 is 24.0 Å². The average Bonchev–Trinajstić information content (AvgIpc) is 3.10. The zero-order chi connectivity index (χ0) is 22.3. The molecule has 10 heteroatoms. The molecule has 1 amide bonds. The Hall–Kier alpha value is -1.85. The van der Waals surface area contributed by atoms with Gasteiger partial charge in [0.05, 0.1) is 6.04 Å². The molecule has 1 aliphatic rings. The lowest BCUT2D eigenvalue weighted by Crippen LogP contribution is -2.52. The number of carbonyl (C=O) groups is 1.